The molecule has 0 atom stereocenters. The highest BCUT2D eigenvalue weighted by molar-refractivity contribution is 5.46. The van der Waals surface area contributed by atoms with E-state index in [0.717, 1.165) is 17.9 Å². The van der Waals surface area contributed by atoms with Crippen LogP contribution in [0.15, 0.2) is 42.5 Å². The molecule has 0 unspecified atom stereocenters. The van der Waals surface area contributed by atoms with Crippen LogP contribution in [0.3, 0.4) is 0 Å². The van der Waals surface area contributed by atoms with Crippen LogP contribution in [0.5, 0.6) is 23.0 Å². The molecular formula is C19H21NO4. The topological polar surface area (TPSA) is 60.7 Å². The molecule has 0 aliphatic carbocycles. The molecule has 2 aromatic rings. The zero-order chi connectivity index (χ0) is 17.2. The van der Waals surface area contributed by atoms with Gasteiger partial charge in [0.2, 0.25) is 0 Å². The van der Waals surface area contributed by atoms with Gasteiger partial charge in [-0.05, 0) is 42.8 Å². The summed E-state index contributed by atoms with van der Waals surface area (Å²) in [4.78, 5) is 0. The van der Waals surface area contributed by atoms with E-state index in [1.165, 1.54) is 0 Å². The number of methoxy groups -OCH3 is 1. The van der Waals surface area contributed by atoms with Gasteiger partial charge in [0.25, 0.3) is 0 Å². The Morgan fingerprint density at radius 2 is 1.46 bits per heavy atom. The molecule has 24 heavy (non-hydrogen) atoms. The molecule has 0 radical (unpaired) electrons. The van der Waals surface area contributed by atoms with Gasteiger partial charge in [-0.2, -0.15) is 5.26 Å². The Hall–Kier alpha value is -2.87. The van der Waals surface area contributed by atoms with Crippen LogP contribution in [-0.2, 0) is 0 Å². The van der Waals surface area contributed by atoms with Crippen molar-refractivity contribution < 1.29 is 18.9 Å². The lowest BCUT2D eigenvalue weighted by Gasteiger charge is -2.12. The van der Waals surface area contributed by atoms with Crippen LogP contribution >= 0.6 is 0 Å². The van der Waals surface area contributed by atoms with Crippen molar-refractivity contribution in [3.05, 3.63) is 48.0 Å². The second kappa shape index (κ2) is 9.31. The summed E-state index contributed by atoms with van der Waals surface area (Å²) in [6.45, 7) is 3.55. The molecule has 0 spiro atoms. The molecule has 0 aromatic heterocycles. The summed E-state index contributed by atoms with van der Waals surface area (Å²) in [6.07, 6.45) is 0.981. The molecule has 0 amide bonds. The fourth-order valence-corrected chi connectivity index (χ4v) is 2.02. The molecule has 0 bridgehead atoms. The first kappa shape index (κ1) is 17.5. The van der Waals surface area contributed by atoms with E-state index in [2.05, 4.69) is 13.0 Å². The predicted molar refractivity (Wildman–Crippen MR) is 90.9 cm³/mol. The second-order valence-corrected chi connectivity index (χ2v) is 4.99. The first-order valence-electron chi connectivity index (χ1n) is 7.83. The maximum atomic E-state index is 8.88. The summed E-state index contributed by atoms with van der Waals surface area (Å²) in [5.74, 6) is 2.71. The number of benzene rings is 2. The minimum absolute atomic E-state index is 0.371. The number of hydrogen-bond acceptors (Lipinski definition) is 5. The third-order valence-corrected chi connectivity index (χ3v) is 3.20. The lowest BCUT2D eigenvalue weighted by atomic mass is 10.2. The molecule has 0 fully saturated rings. The summed E-state index contributed by atoms with van der Waals surface area (Å²) in [7, 11) is 1.54. The summed E-state index contributed by atoms with van der Waals surface area (Å²) >= 11 is 0. The van der Waals surface area contributed by atoms with Crippen molar-refractivity contribution in [2.75, 3.05) is 26.9 Å². The summed E-state index contributed by atoms with van der Waals surface area (Å²) in [5.41, 5.74) is 0.529. The largest absolute Gasteiger partial charge is 0.494 e. The van der Waals surface area contributed by atoms with Crippen molar-refractivity contribution in [3.8, 4) is 29.1 Å². The van der Waals surface area contributed by atoms with Gasteiger partial charge < -0.3 is 18.9 Å². The smallest absolute Gasteiger partial charge is 0.162 e. The third-order valence-electron chi connectivity index (χ3n) is 3.20. The normalized spacial score (nSPS) is 9.88. The van der Waals surface area contributed by atoms with Crippen LogP contribution in [0.25, 0.3) is 0 Å². The SMILES string of the molecule is CCCOc1ccc(OCCOc2ccc(C#N)cc2OC)cc1. The monoisotopic (exact) mass is 327 g/mol. The molecule has 2 rings (SSSR count). The van der Waals surface area contributed by atoms with Crippen molar-refractivity contribution in [3.63, 3.8) is 0 Å². The molecule has 0 saturated heterocycles. The highest BCUT2D eigenvalue weighted by Gasteiger charge is 2.05. The number of rotatable bonds is 9. The molecular weight excluding hydrogens is 306 g/mol. The van der Waals surface area contributed by atoms with Crippen LogP contribution in [0.4, 0.5) is 0 Å². The van der Waals surface area contributed by atoms with Gasteiger partial charge in [-0.1, -0.05) is 6.92 Å². The first-order valence-corrected chi connectivity index (χ1v) is 7.83. The highest BCUT2D eigenvalue weighted by Crippen LogP contribution is 2.27. The van der Waals surface area contributed by atoms with Crippen LogP contribution in [-0.4, -0.2) is 26.9 Å². The van der Waals surface area contributed by atoms with E-state index < -0.39 is 0 Å². The predicted octanol–water partition coefficient (Wildman–Crippen LogP) is 3.81. The average Bonchev–Trinajstić information content (AvgIpc) is 2.64. The van der Waals surface area contributed by atoms with Gasteiger partial charge in [0.1, 0.15) is 24.7 Å². The van der Waals surface area contributed by atoms with Gasteiger partial charge in [0, 0.05) is 6.07 Å². The van der Waals surface area contributed by atoms with Gasteiger partial charge in [-0.25, -0.2) is 0 Å². The summed E-state index contributed by atoms with van der Waals surface area (Å²) in [5, 5.41) is 8.88. The fourth-order valence-electron chi connectivity index (χ4n) is 2.02. The number of nitriles is 1. The zero-order valence-corrected chi connectivity index (χ0v) is 14.0. The van der Waals surface area contributed by atoms with E-state index in [9.17, 15) is 0 Å². The molecule has 0 saturated carbocycles. The molecule has 2 aromatic carbocycles. The van der Waals surface area contributed by atoms with Crippen LogP contribution in [0, 0.1) is 11.3 Å². The van der Waals surface area contributed by atoms with Gasteiger partial charge in [0.05, 0.1) is 25.3 Å². The van der Waals surface area contributed by atoms with Gasteiger partial charge in [0.15, 0.2) is 11.5 Å². The van der Waals surface area contributed by atoms with E-state index in [0.29, 0.717) is 36.9 Å². The Morgan fingerprint density at radius 1 is 0.833 bits per heavy atom. The van der Waals surface area contributed by atoms with Gasteiger partial charge >= 0.3 is 0 Å². The van der Waals surface area contributed by atoms with E-state index in [1.807, 2.05) is 24.3 Å². The quantitative estimate of drug-likeness (QED) is 0.655. The Labute approximate surface area is 142 Å². The minimum atomic E-state index is 0.371. The Kier molecular flexibility index (Phi) is 6.78. The maximum Gasteiger partial charge on any atom is 0.162 e. The van der Waals surface area contributed by atoms with E-state index in [4.69, 9.17) is 24.2 Å². The van der Waals surface area contributed by atoms with E-state index in [1.54, 1.807) is 25.3 Å². The molecule has 0 aliphatic rings. The Morgan fingerprint density at radius 3 is 2.04 bits per heavy atom. The highest BCUT2D eigenvalue weighted by atomic mass is 16.5. The lowest BCUT2D eigenvalue weighted by molar-refractivity contribution is 0.211. The molecule has 0 N–H and O–H groups in total. The second-order valence-electron chi connectivity index (χ2n) is 4.99. The van der Waals surface area contributed by atoms with Crippen LogP contribution < -0.4 is 18.9 Å². The minimum Gasteiger partial charge on any atom is -0.494 e. The summed E-state index contributed by atoms with van der Waals surface area (Å²) in [6, 6.07) is 14.6. The lowest BCUT2D eigenvalue weighted by Crippen LogP contribution is -2.09. The fraction of sp³-hybridized carbons (Fsp3) is 0.316. The van der Waals surface area contributed by atoms with Crippen LogP contribution in [0.1, 0.15) is 18.9 Å². The maximum absolute atomic E-state index is 8.88. The molecule has 0 aliphatic heterocycles. The van der Waals surface area contributed by atoms with Crippen LogP contribution in [0.2, 0.25) is 0 Å². The number of ether oxygens (including phenoxy) is 4. The van der Waals surface area contributed by atoms with Crippen molar-refractivity contribution >= 4 is 0 Å². The van der Waals surface area contributed by atoms with Crippen molar-refractivity contribution in [2.24, 2.45) is 0 Å². The van der Waals surface area contributed by atoms with Crippen molar-refractivity contribution in [1.82, 2.24) is 0 Å². The van der Waals surface area contributed by atoms with Crippen molar-refractivity contribution in [2.45, 2.75) is 13.3 Å². The zero-order valence-electron chi connectivity index (χ0n) is 14.0. The Balaban J connectivity index is 1.79. The van der Waals surface area contributed by atoms with E-state index in [-0.39, 0.29) is 0 Å². The third kappa shape index (κ3) is 5.10. The van der Waals surface area contributed by atoms with Gasteiger partial charge in [-0.3, -0.25) is 0 Å². The molecule has 0 heterocycles. The first-order chi connectivity index (χ1) is 11.8. The summed E-state index contributed by atoms with van der Waals surface area (Å²) < 4.78 is 22.0. The molecule has 5 nitrogen and oxygen atoms in total. The number of hydrogen-bond donors (Lipinski definition) is 0. The molecule has 5 heteroatoms. The molecule has 126 valence electrons. The van der Waals surface area contributed by atoms with E-state index >= 15 is 0 Å². The van der Waals surface area contributed by atoms with Crippen molar-refractivity contribution in [1.29, 1.82) is 5.26 Å². The average molecular weight is 327 g/mol. The Bertz CT molecular complexity index is 677. The number of nitrogens with zero attached hydrogens (tertiary/aromatic N) is 1. The van der Waals surface area contributed by atoms with Gasteiger partial charge in [-0.15, -0.1) is 0 Å². The standard InChI is InChI=1S/C19H21NO4/c1-3-10-22-16-5-7-17(8-6-16)23-11-12-24-18-9-4-15(14-20)13-19(18)21-2/h4-9,13H,3,10-12H2,1-2H3.